The second-order valence-corrected chi connectivity index (χ2v) is 13.7. The minimum atomic E-state index is -4.33. The summed E-state index contributed by atoms with van der Waals surface area (Å²) in [6.45, 7) is 3.73. The highest BCUT2D eigenvalue weighted by Crippen LogP contribution is 2.36. The Hall–Kier alpha value is -4.54. The lowest BCUT2D eigenvalue weighted by molar-refractivity contribution is -0.140. The Balaban J connectivity index is 1.85. The molecule has 0 unspecified atom stereocenters. The maximum Gasteiger partial charge on any atom is 0.264 e. The molecule has 4 aromatic carbocycles. The minimum Gasteiger partial charge on any atom is -0.497 e. The van der Waals surface area contributed by atoms with Gasteiger partial charge in [0.1, 0.15) is 24.1 Å². The average molecular weight is 692 g/mol. The quantitative estimate of drug-likeness (QED) is 0.136. The molecule has 0 aliphatic heterocycles. The van der Waals surface area contributed by atoms with E-state index in [0.29, 0.717) is 17.3 Å². The van der Waals surface area contributed by atoms with Gasteiger partial charge in [-0.15, -0.1) is 0 Å². The lowest BCUT2D eigenvalue weighted by atomic mass is 10.0. The number of nitrogens with one attached hydrogen (secondary N) is 1. The van der Waals surface area contributed by atoms with Crippen LogP contribution in [0.25, 0.3) is 0 Å². The van der Waals surface area contributed by atoms with Crippen LogP contribution in [0.5, 0.6) is 11.5 Å². The van der Waals surface area contributed by atoms with Gasteiger partial charge < -0.3 is 19.7 Å². The maximum absolute atomic E-state index is 14.7. The number of nitrogens with zero attached hydrogens (tertiary/aromatic N) is 2. The number of sulfonamides is 1. The van der Waals surface area contributed by atoms with E-state index in [9.17, 15) is 18.0 Å². The molecule has 0 heterocycles. The van der Waals surface area contributed by atoms with Gasteiger partial charge in [0.15, 0.2) is 0 Å². The predicted octanol–water partition coefficient (Wildman–Crippen LogP) is 6.42. The number of unbranched alkanes of at least 4 members (excludes halogenated alkanes) is 1. The van der Waals surface area contributed by atoms with Crippen molar-refractivity contribution in [2.45, 2.75) is 50.6 Å². The van der Waals surface area contributed by atoms with Crippen LogP contribution in [0, 0.1) is 6.92 Å². The Morgan fingerprint density at radius 2 is 1.56 bits per heavy atom. The summed E-state index contributed by atoms with van der Waals surface area (Å²) < 4.78 is 40.8. The lowest BCUT2D eigenvalue weighted by Crippen LogP contribution is -2.53. The number of methoxy groups -OCH3 is 2. The maximum atomic E-state index is 14.7. The predicted molar refractivity (Wildman–Crippen MR) is 189 cm³/mol. The van der Waals surface area contributed by atoms with Crippen LogP contribution < -0.4 is 19.1 Å². The van der Waals surface area contributed by atoms with Crippen molar-refractivity contribution in [2.75, 3.05) is 31.6 Å². The number of aryl methyl sites for hydroxylation is 1. The summed E-state index contributed by atoms with van der Waals surface area (Å²) in [5.41, 5.74) is 2.56. The first-order valence-electron chi connectivity index (χ1n) is 15.7. The molecule has 0 aromatic heterocycles. The molecule has 0 saturated carbocycles. The third kappa shape index (κ3) is 9.29. The zero-order valence-corrected chi connectivity index (χ0v) is 29.3. The highest BCUT2D eigenvalue weighted by molar-refractivity contribution is 7.92. The van der Waals surface area contributed by atoms with Gasteiger partial charge in [-0.25, -0.2) is 8.42 Å². The molecular weight excluding hydrogens is 650 g/mol. The smallest absolute Gasteiger partial charge is 0.264 e. The number of rotatable bonds is 16. The van der Waals surface area contributed by atoms with E-state index in [1.54, 1.807) is 48.5 Å². The Labute approximate surface area is 288 Å². The SMILES string of the molecule is CCCCNC(=O)[C@H](Cc1ccccc1)N(Cc1ccc(Cl)cc1)C(=O)CN(c1cc(OC)ccc1OC)S(=O)(=O)c1ccc(C)cc1. The summed E-state index contributed by atoms with van der Waals surface area (Å²) in [6, 6.07) is 26.6. The molecule has 9 nitrogen and oxygen atoms in total. The van der Waals surface area contributed by atoms with Gasteiger partial charge >= 0.3 is 0 Å². The Morgan fingerprint density at radius 3 is 2.19 bits per heavy atom. The molecular formula is C37H42ClN3O6S. The second-order valence-electron chi connectivity index (χ2n) is 11.4. The monoisotopic (exact) mass is 691 g/mol. The number of ether oxygens (including phenoxy) is 2. The number of benzene rings is 4. The molecule has 254 valence electrons. The fraction of sp³-hybridized carbons (Fsp3) is 0.297. The van der Waals surface area contributed by atoms with Crippen molar-refractivity contribution >= 4 is 39.1 Å². The van der Waals surface area contributed by atoms with Gasteiger partial charge in [-0.3, -0.25) is 13.9 Å². The van der Waals surface area contributed by atoms with E-state index in [1.165, 1.54) is 37.3 Å². The molecule has 4 aromatic rings. The fourth-order valence-corrected chi connectivity index (χ4v) is 6.73. The number of anilines is 1. The first kappa shape index (κ1) is 36.3. The average Bonchev–Trinajstić information content (AvgIpc) is 3.09. The molecule has 0 bridgehead atoms. The first-order chi connectivity index (χ1) is 23.1. The van der Waals surface area contributed by atoms with E-state index < -0.39 is 28.5 Å². The van der Waals surface area contributed by atoms with Crippen molar-refractivity contribution in [3.63, 3.8) is 0 Å². The molecule has 2 amide bonds. The van der Waals surface area contributed by atoms with Gasteiger partial charge in [0.25, 0.3) is 10.0 Å². The number of hydrogen-bond acceptors (Lipinski definition) is 6. The summed E-state index contributed by atoms with van der Waals surface area (Å²) in [7, 11) is -1.43. The van der Waals surface area contributed by atoms with Gasteiger partial charge in [-0.2, -0.15) is 0 Å². The zero-order valence-electron chi connectivity index (χ0n) is 27.7. The Morgan fingerprint density at radius 1 is 0.875 bits per heavy atom. The molecule has 1 atom stereocenters. The van der Waals surface area contributed by atoms with Crippen LogP contribution in [0.3, 0.4) is 0 Å². The molecule has 0 radical (unpaired) electrons. The van der Waals surface area contributed by atoms with Gasteiger partial charge in [0.2, 0.25) is 11.8 Å². The lowest BCUT2D eigenvalue weighted by Gasteiger charge is -2.34. The van der Waals surface area contributed by atoms with Gasteiger partial charge in [0, 0.05) is 30.6 Å². The van der Waals surface area contributed by atoms with Crippen molar-refractivity contribution in [3.05, 3.63) is 119 Å². The molecule has 0 saturated heterocycles. The summed E-state index contributed by atoms with van der Waals surface area (Å²) in [6.07, 6.45) is 1.86. The fourth-order valence-electron chi connectivity index (χ4n) is 5.19. The van der Waals surface area contributed by atoms with Crippen molar-refractivity contribution < 1.29 is 27.5 Å². The Kier molecular flexibility index (Phi) is 12.9. The topological polar surface area (TPSA) is 105 Å². The summed E-state index contributed by atoms with van der Waals surface area (Å²) in [4.78, 5) is 30.0. The van der Waals surface area contributed by atoms with Crippen molar-refractivity contribution in [3.8, 4) is 11.5 Å². The second kappa shape index (κ2) is 17.0. The van der Waals surface area contributed by atoms with Crippen LogP contribution in [-0.4, -0.2) is 58.5 Å². The molecule has 48 heavy (non-hydrogen) atoms. The van der Waals surface area contributed by atoms with Crippen molar-refractivity contribution in [1.82, 2.24) is 10.2 Å². The molecule has 0 aliphatic carbocycles. The van der Waals surface area contributed by atoms with Gasteiger partial charge in [-0.05, 0) is 60.9 Å². The van der Waals surface area contributed by atoms with Crippen LogP contribution in [0.15, 0.2) is 102 Å². The molecule has 4 rings (SSSR count). The van der Waals surface area contributed by atoms with Crippen molar-refractivity contribution in [1.29, 1.82) is 0 Å². The Bertz CT molecular complexity index is 1770. The van der Waals surface area contributed by atoms with Crippen molar-refractivity contribution in [2.24, 2.45) is 0 Å². The summed E-state index contributed by atoms with van der Waals surface area (Å²) >= 11 is 6.17. The van der Waals surface area contributed by atoms with E-state index in [0.717, 1.165) is 33.8 Å². The largest absolute Gasteiger partial charge is 0.497 e. The normalized spacial score (nSPS) is 11.8. The number of carbonyl (C=O) groups is 2. The third-order valence-corrected chi connectivity index (χ3v) is 9.94. The molecule has 11 heteroatoms. The van der Waals surface area contributed by atoms with Gasteiger partial charge in [0.05, 0.1) is 24.8 Å². The minimum absolute atomic E-state index is 0.00633. The van der Waals surface area contributed by atoms with Crippen LogP contribution in [-0.2, 0) is 32.6 Å². The zero-order chi connectivity index (χ0) is 34.7. The molecule has 0 spiro atoms. The van der Waals surface area contributed by atoms with E-state index >= 15 is 0 Å². The van der Waals surface area contributed by atoms with E-state index in [2.05, 4.69) is 5.32 Å². The summed E-state index contributed by atoms with van der Waals surface area (Å²) in [5.74, 6) is -0.321. The van der Waals surface area contributed by atoms with E-state index in [1.807, 2.05) is 44.2 Å². The number of carbonyl (C=O) groups excluding carboxylic acids is 2. The third-order valence-electron chi connectivity index (χ3n) is 7.91. The first-order valence-corrected chi connectivity index (χ1v) is 17.6. The van der Waals surface area contributed by atoms with Crippen LogP contribution in [0.1, 0.15) is 36.5 Å². The number of amides is 2. The molecule has 0 fully saturated rings. The molecule has 1 N–H and O–H groups in total. The highest BCUT2D eigenvalue weighted by Gasteiger charge is 2.35. The van der Waals surface area contributed by atoms with E-state index in [-0.39, 0.29) is 35.2 Å². The standard InChI is InChI=1S/C37H42ClN3O6S/c1-5-6-22-39-37(43)34(23-28-10-8-7-9-11-28)40(25-29-14-16-30(38)17-15-29)36(42)26-41(33-24-31(46-3)18-21-35(33)47-4)48(44,45)32-19-12-27(2)13-20-32/h7-21,24,34H,5-6,22-23,25-26H2,1-4H3,(H,39,43)/t34-/m0/s1. The van der Waals surface area contributed by atoms with Crippen LogP contribution in [0.4, 0.5) is 5.69 Å². The van der Waals surface area contributed by atoms with E-state index in [4.69, 9.17) is 21.1 Å². The van der Waals surface area contributed by atoms with Crippen LogP contribution in [0.2, 0.25) is 5.02 Å². The van der Waals surface area contributed by atoms with Gasteiger partial charge in [-0.1, -0.05) is 85.1 Å². The highest BCUT2D eigenvalue weighted by atomic mass is 35.5. The number of hydrogen-bond donors (Lipinski definition) is 1. The molecule has 0 aliphatic rings. The number of halogens is 1. The van der Waals surface area contributed by atoms with Crippen LogP contribution >= 0.6 is 11.6 Å². The summed E-state index contributed by atoms with van der Waals surface area (Å²) in [5, 5.41) is 3.51.